The number of aliphatic hydroxyl groups excluding tert-OH is 1. The number of carbonyl (C=O) groups excluding carboxylic acids is 2. The van der Waals surface area contributed by atoms with E-state index in [4.69, 9.17) is 14.6 Å². The zero-order valence-electron chi connectivity index (χ0n) is 18.8. The van der Waals surface area contributed by atoms with Gasteiger partial charge in [0.05, 0.1) is 6.10 Å². The molecule has 4 unspecified atom stereocenters. The molecule has 2 aliphatic rings. The van der Waals surface area contributed by atoms with Crippen LogP contribution in [0.5, 0.6) is 0 Å². The van der Waals surface area contributed by atoms with Crippen LogP contribution in [-0.2, 0) is 19.1 Å². The van der Waals surface area contributed by atoms with Crippen LogP contribution in [0.3, 0.4) is 0 Å². The van der Waals surface area contributed by atoms with Crippen molar-refractivity contribution >= 4 is 18.0 Å². The van der Waals surface area contributed by atoms with Crippen LogP contribution in [0.4, 0.5) is 4.79 Å². The number of aliphatic hydroxyl groups is 1. The first-order valence-corrected chi connectivity index (χ1v) is 11.3. The Morgan fingerprint density at radius 3 is 2.29 bits per heavy atom. The molecule has 4 rings (SSSR count). The summed E-state index contributed by atoms with van der Waals surface area (Å²) in [6, 6.07) is 14.7. The predicted molar refractivity (Wildman–Crippen MR) is 122 cm³/mol. The van der Waals surface area contributed by atoms with Gasteiger partial charge in [0.1, 0.15) is 12.7 Å². The van der Waals surface area contributed by atoms with Gasteiger partial charge in [-0.3, -0.25) is 4.79 Å². The van der Waals surface area contributed by atoms with Crippen molar-refractivity contribution in [2.24, 2.45) is 5.92 Å². The molecule has 1 aliphatic carbocycles. The Balaban J connectivity index is 1.31. The molecule has 1 saturated heterocycles. The van der Waals surface area contributed by atoms with Crippen molar-refractivity contribution in [2.75, 3.05) is 19.8 Å². The second kappa shape index (κ2) is 10.2. The number of alkyl carbamates (subject to hydrolysis) is 1. The molecule has 0 bridgehead atoms. The molecule has 0 aromatic heterocycles. The number of rotatable bonds is 8. The van der Waals surface area contributed by atoms with Gasteiger partial charge in [-0.15, -0.1) is 0 Å². The maximum atomic E-state index is 12.5. The summed E-state index contributed by atoms with van der Waals surface area (Å²) in [5, 5.41) is 23.7. The number of nitrogens with one attached hydrogen (secondary N) is 2. The van der Waals surface area contributed by atoms with E-state index in [1.165, 1.54) is 6.92 Å². The predicted octanol–water partition coefficient (Wildman–Crippen LogP) is 1.88. The van der Waals surface area contributed by atoms with Crippen LogP contribution < -0.4 is 10.6 Å². The zero-order chi connectivity index (χ0) is 24.2. The zero-order valence-corrected chi connectivity index (χ0v) is 18.8. The normalized spacial score (nSPS) is 20.6. The van der Waals surface area contributed by atoms with Gasteiger partial charge in [-0.2, -0.15) is 0 Å². The number of amides is 2. The van der Waals surface area contributed by atoms with E-state index in [1.54, 1.807) is 0 Å². The molecule has 2 aromatic rings. The Labute approximate surface area is 197 Å². The molecule has 4 atom stereocenters. The van der Waals surface area contributed by atoms with Crippen LogP contribution in [-0.4, -0.2) is 66.2 Å². The summed E-state index contributed by atoms with van der Waals surface area (Å²) in [5.41, 5.74) is 4.51. The largest absolute Gasteiger partial charge is 0.480 e. The number of benzene rings is 2. The first kappa shape index (κ1) is 23.7. The number of aliphatic carboxylic acids is 1. The molecule has 2 amide bonds. The Kier molecular flexibility index (Phi) is 7.14. The third kappa shape index (κ3) is 4.90. The summed E-state index contributed by atoms with van der Waals surface area (Å²) >= 11 is 0. The smallest absolute Gasteiger partial charge is 0.407 e. The molecule has 9 heteroatoms. The van der Waals surface area contributed by atoms with Crippen molar-refractivity contribution in [1.82, 2.24) is 10.6 Å². The fourth-order valence-electron chi connectivity index (χ4n) is 4.62. The van der Waals surface area contributed by atoms with Gasteiger partial charge < -0.3 is 30.3 Å². The number of hydrogen-bond donors (Lipinski definition) is 4. The molecule has 2 aromatic carbocycles. The molecular weight excluding hydrogens is 440 g/mol. The standard InChI is InChI=1S/C25H28N2O7/c1-14(28)21(24(30)31)27-23(29)22-15(10-11-33-22)12-26-25(32)34-13-20-18-8-4-2-6-16(18)17-7-3-5-9-19(17)20/h2-9,14-15,20-22,28H,10-13H2,1H3,(H,26,32)(H,27,29)(H,30,31). The Bertz CT molecular complexity index is 1030. The molecule has 9 nitrogen and oxygen atoms in total. The van der Waals surface area contributed by atoms with Gasteiger partial charge >= 0.3 is 12.1 Å². The second-order valence-corrected chi connectivity index (χ2v) is 8.61. The van der Waals surface area contributed by atoms with E-state index in [0.717, 1.165) is 22.3 Å². The summed E-state index contributed by atoms with van der Waals surface area (Å²) in [6.45, 7) is 1.91. The van der Waals surface area contributed by atoms with Crippen molar-refractivity contribution in [3.63, 3.8) is 0 Å². The summed E-state index contributed by atoms with van der Waals surface area (Å²) < 4.78 is 11.0. The lowest BCUT2D eigenvalue weighted by Crippen LogP contribution is -2.52. The number of hydrogen-bond acceptors (Lipinski definition) is 6. The molecule has 34 heavy (non-hydrogen) atoms. The van der Waals surface area contributed by atoms with E-state index in [-0.39, 0.29) is 25.0 Å². The highest BCUT2D eigenvalue weighted by Crippen LogP contribution is 2.44. The molecule has 0 spiro atoms. The molecule has 4 N–H and O–H groups in total. The SMILES string of the molecule is CC(O)C(NC(=O)C1OCCC1CNC(=O)OCC1c2ccccc2-c2ccccc21)C(=O)O. The van der Waals surface area contributed by atoms with Crippen LogP contribution in [0.15, 0.2) is 48.5 Å². The molecule has 0 saturated carbocycles. The minimum Gasteiger partial charge on any atom is -0.480 e. The number of carbonyl (C=O) groups is 3. The highest BCUT2D eigenvalue weighted by molar-refractivity contribution is 5.87. The molecule has 1 fully saturated rings. The highest BCUT2D eigenvalue weighted by atomic mass is 16.5. The first-order chi connectivity index (χ1) is 16.4. The fraction of sp³-hybridized carbons (Fsp3) is 0.400. The van der Waals surface area contributed by atoms with Gasteiger partial charge in [0.25, 0.3) is 0 Å². The van der Waals surface area contributed by atoms with Gasteiger partial charge in [0.15, 0.2) is 6.04 Å². The number of carboxylic acid groups (broad SMARTS) is 1. The van der Waals surface area contributed by atoms with Crippen molar-refractivity contribution in [3.05, 3.63) is 59.7 Å². The van der Waals surface area contributed by atoms with Gasteiger partial charge in [0, 0.05) is 25.0 Å². The van der Waals surface area contributed by atoms with Crippen molar-refractivity contribution in [3.8, 4) is 11.1 Å². The molecule has 0 radical (unpaired) electrons. The number of ether oxygens (including phenoxy) is 2. The summed E-state index contributed by atoms with van der Waals surface area (Å²) in [5.74, 6) is -2.37. The topological polar surface area (TPSA) is 134 Å². The van der Waals surface area contributed by atoms with Gasteiger partial charge in [-0.1, -0.05) is 48.5 Å². The first-order valence-electron chi connectivity index (χ1n) is 11.3. The van der Waals surface area contributed by atoms with E-state index >= 15 is 0 Å². The Morgan fingerprint density at radius 2 is 1.71 bits per heavy atom. The van der Waals surface area contributed by atoms with Crippen molar-refractivity contribution in [1.29, 1.82) is 0 Å². The lowest BCUT2D eigenvalue weighted by Gasteiger charge is -2.22. The van der Waals surface area contributed by atoms with E-state index in [9.17, 15) is 19.5 Å². The molecule has 1 heterocycles. The Hall–Kier alpha value is -3.43. The van der Waals surface area contributed by atoms with E-state index in [0.29, 0.717) is 13.0 Å². The maximum absolute atomic E-state index is 12.5. The second-order valence-electron chi connectivity index (χ2n) is 8.61. The van der Waals surface area contributed by atoms with Gasteiger partial charge in [-0.05, 0) is 35.6 Å². The minimum absolute atomic E-state index is 0.0556. The fourth-order valence-corrected chi connectivity index (χ4v) is 4.62. The van der Waals surface area contributed by atoms with E-state index in [2.05, 4.69) is 22.8 Å². The minimum atomic E-state index is -1.44. The summed E-state index contributed by atoms with van der Waals surface area (Å²) in [4.78, 5) is 36.2. The van der Waals surface area contributed by atoms with Crippen LogP contribution in [0.25, 0.3) is 11.1 Å². The highest BCUT2D eigenvalue weighted by Gasteiger charge is 2.37. The average Bonchev–Trinajstić information content (AvgIpc) is 3.42. The van der Waals surface area contributed by atoms with Crippen molar-refractivity contribution in [2.45, 2.75) is 37.5 Å². The van der Waals surface area contributed by atoms with Crippen molar-refractivity contribution < 1.29 is 34.1 Å². The number of fused-ring (bicyclic) bond motifs is 3. The lowest BCUT2D eigenvalue weighted by molar-refractivity contribution is -0.147. The molecular formula is C25H28N2O7. The quantitative estimate of drug-likeness (QED) is 0.465. The van der Waals surface area contributed by atoms with Gasteiger partial charge in [0.2, 0.25) is 5.91 Å². The van der Waals surface area contributed by atoms with Crippen LogP contribution in [0.1, 0.15) is 30.4 Å². The Morgan fingerprint density at radius 1 is 1.09 bits per heavy atom. The molecule has 180 valence electrons. The third-order valence-electron chi connectivity index (χ3n) is 6.37. The van der Waals surface area contributed by atoms with Gasteiger partial charge in [-0.25, -0.2) is 9.59 Å². The summed E-state index contributed by atoms with van der Waals surface area (Å²) in [6.07, 6.45) is -2.26. The van der Waals surface area contributed by atoms with Crippen LogP contribution >= 0.6 is 0 Å². The number of carboxylic acids is 1. The van der Waals surface area contributed by atoms with E-state index in [1.807, 2.05) is 36.4 Å². The van der Waals surface area contributed by atoms with Crippen LogP contribution in [0, 0.1) is 5.92 Å². The lowest BCUT2D eigenvalue weighted by atomic mass is 9.98. The summed E-state index contributed by atoms with van der Waals surface area (Å²) in [7, 11) is 0. The van der Waals surface area contributed by atoms with E-state index < -0.39 is 36.2 Å². The maximum Gasteiger partial charge on any atom is 0.407 e. The third-order valence-corrected chi connectivity index (χ3v) is 6.37. The monoisotopic (exact) mass is 468 g/mol. The average molecular weight is 469 g/mol. The van der Waals surface area contributed by atoms with Crippen LogP contribution in [0.2, 0.25) is 0 Å². The molecule has 1 aliphatic heterocycles.